The summed E-state index contributed by atoms with van der Waals surface area (Å²) in [5.41, 5.74) is 2.75. The van der Waals surface area contributed by atoms with Crippen LogP contribution in [0.3, 0.4) is 0 Å². The van der Waals surface area contributed by atoms with Gasteiger partial charge in [0.15, 0.2) is 0 Å². The third kappa shape index (κ3) is 5.24. The maximum atomic E-state index is 12.7. The van der Waals surface area contributed by atoms with Gasteiger partial charge in [-0.1, -0.05) is 24.3 Å². The molecule has 0 N–H and O–H groups in total. The molecule has 2 aliphatic rings. The molecule has 0 bridgehead atoms. The smallest absolute Gasteiger partial charge is 0.246 e. The summed E-state index contributed by atoms with van der Waals surface area (Å²) in [6.45, 7) is 3.20. The van der Waals surface area contributed by atoms with Crippen molar-refractivity contribution in [1.29, 1.82) is 5.26 Å². The molecule has 4 rings (SSSR count). The summed E-state index contributed by atoms with van der Waals surface area (Å²) in [6, 6.07) is 17.3. The maximum absolute atomic E-state index is 12.7. The predicted molar refractivity (Wildman–Crippen MR) is 127 cm³/mol. The molecule has 170 valence electrons. The molecule has 2 heterocycles. The zero-order chi connectivity index (χ0) is 23.2. The minimum Gasteiger partial charge on any atom is -0.497 e. The van der Waals surface area contributed by atoms with E-state index in [9.17, 15) is 14.9 Å². The summed E-state index contributed by atoms with van der Waals surface area (Å²) in [7, 11) is 1.62. The fraction of sp³-hybridized carbons (Fsp3) is 0.346. The first-order valence-corrected chi connectivity index (χ1v) is 11.2. The Morgan fingerprint density at radius 3 is 2.30 bits per heavy atom. The molecule has 1 atom stereocenters. The second-order valence-electron chi connectivity index (χ2n) is 8.24. The van der Waals surface area contributed by atoms with Gasteiger partial charge in [-0.2, -0.15) is 5.26 Å². The van der Waals surface area contributed by atoms with E-state index < -0.39 is 0 Å². The molecule has 2 saturated heterocycles. The number of piperazine rings is 1. The first-order chi connectivity index (χ1) is 16.1. The van der Waals surface area contributed by atoms with E-state index in [1.165, 1.54) is 0 Å². The van der Waals surface area contributed by atoms with E-state index in [-0.39, 0.29) is 17.9 Å². The SMILES string of the molecule is COc1ccc(C(C#N)N2CCN(C(=O)/C=C/c3ccc(N4CCCC4=O)cc3)CC2)cc1. The van der Waals surface area contributed by atoms with Gasteiger partial charge in [0, 0.05) is 50.9 Å². The van der Waals surface area contributed by atoms with E-state index >= 15 is 0 Å². The lowest BCUT2D eigenvalue weighted by atomic mass is 10.1. The normalized spacial score (nSPS) is 17.9. The van der Waals surface area contributed by atoms with E-state index in [1.54, 1.807) is 24.2 Å². The lowest BCUT2D eigenvalue weighted by Crippen LogP contribution is -2.49. The van der Waals surface area contributed by atoms with Crippen molar-refractivity contribution in [3.05, 3.63) is 65.7 Å². The molecule has 0 radical (unpaired) electrons. The van der Waals surface area contributed by atoms with Crippen LogP contribution in [0.2, 0.25) is 0 Å². The molecule has 7 heteroatoms. The topological polar surface area (TPSA) is 76.9 Å². The molecular formula is C26H28N4O3. The van der Waals surface area contributed by atoms with Crippen LogP contribution in [-0.2, 0) is 9.59 Å². The van der Waals surface area contributed by atoms with Crippen LogP contribution in [0, 0.1) is 11.3 Å². The Labute approximate surface area is 194 Å². The number of carbonyl (C=O) groups is 2. The molecule has 2 aliphatic heterocycles. The number of amides is 2. The molecule has 0 spiro atoms. The lowest BCUT2D eigenvalue weighted by Gasteiger charge is -2.36. The number of rotatable bonds is 6. The number of carbonyl (C=O) groups excluding carboxylic acids is 2. The summed E-state index contributed by atoms with van der Waals surface area (Å²) in [5.74, 6) is 0.890. The third-order valence-electron chi connectivity index (χ3n) is 6.24. The molecule has 7 nitrogen and oxygen atoms in total. The molecule has 2 aromatic carbocycles. The Morgan fingerprint density at radius 1 is 1.03 bits per heavy atom. The monoisotopic (exact) mass is 444 g/mol. The van der Waals surface area contributed by atoms with E-state index in [0.29, 0.717) is 32.6 Å². The molecular weight excluding hydrogens is 416 g/mol. The summed E-state index contributed by atoms with van der Waals surface area (Å²) < 4.78 is 5.19. The Morgan fingerprint density at radius 2 is 1.73 bits per heavy atom. The highest BCUT2D eigenvalue weighted by Crippen LogP contribution is 2.24. The van der Waals surface area contributed by atoms with Crippen LogP contribution in [0.1, 0.15) is 30.0 Å². The van der Waals surface area contributed by atoms with Crippen LogP contribution in [0.25, 0.3) is 6.08 Å². The fourth-order valence-electron chi connectivity index (χ4n) is 4.31. The number of ether oxygens (including phenoxy) is 1. The largest absolute Gasteiger partial charge is 0.497 e. The molecule has 2 amide bonds. The van der Waals surface area contributed by atoms with Crippen molar-refractivity contribution in [2.24, 2.45) is 0 Å². The minimum atomic E-state index is -0.343. The van der Waals surface area contributed by atoms with Gasteiger partial charge in [0.25, 0.3) is 0 Å². The van der Waals surface area contributed by atoms with Crippen molar-refractivity contribution in [2.45, 2.75) is 18.9 Å². The van der Waals surface area contributed by atoms with Crippen molar-refractivity contribution in [2.75, 3.05) is 44.7 Å². The number of nitrogens with zero attached hydrogens (tertiary/aromatic N) is 4. The van der Waals surface area contributed by atoms with Crippen LogP contribution >= 0.6 is 0 Å². The summed E-state index contributed by atoms with van der Waals surface area (Å²) >= 11 is 0. The van der Waals surface area contributed by atoms with Crippen molar-refractivity contribution < 1.29 is 14.3 Å². The van der Waals surface area contributed by atoms with Gasteiger partial charge < -0.3 is 14.5 Å². The summed E-state index contributed by atoms with van der Waals surface area (Å²) in [5, 5.41) is 9.71. The van der Waals surface area contributed by atoms with Crippen LogP contribution in [0.4, 0.5) is 5.69 Å². The zero-order valence-corrected chi connectivity index (χ0v) is 18.8. The van der Waals surface area contributed by atoms with E-state index in [1.807, 2.05) is 53.4 Å². The van der Waals surface area contributed by atoms with Crippen LogP contribution < -0.4 is 9.64 Å². The summed E-state index contributed by atoms with van der Waals surface area (Å²) in [4.78, 5) is 30.3. The number of hydrogen-bond acceptors (Lipinski definition) is 5. The second-order valence-corrected chi connectivity index (χ2v) is 8.24. The first-order valence-electron chi connectivity index (χ1n) is 11.2. The van der Waals surface area contributed by atoms with Crippen molar-refractivity contribution >= 4 is 23.6 Å². The average Bonchev–Trinajstić information content (AvgIpc) is 3.30. The molecule has 0 aliphatic carbocycles. The van der Waals surface area contributed by atoms with Gasteiger partial charge in [0.1, 0.15) is 11.8 Å². The van der Waals surface area contributed by atoms with Crippen LogP contribution in [0.5, 0.6) is 5.75 Å². The molecule has 2 aromatic rings. The lowest BCUT2D eigenvalue weighted by molar-refractivity contribution is -0.127. The molecule has 1 unspecified atom stereocenters. The Kier molecular flexibility index (Phi) is 7.06. The van der Waals surface area contributed by atoms with Crippen molar-refractivity contribution in [3.63, 3.8) is 0 Å². The van der Waals surface area contributed by atoms with Gasteiger partial charge in [-0.25, -0.2) is 0 Å². The highest BCUT2D eigenvalue weighted by atomic mass is 16.5. The van der Waals surface area contributed by atoms with Gasteiger partial charge in [0.2, 0.25) is 11.8 Å². The van der Waals surface area contributed by atoms with E-state index in [2.05, 4.69) is 11.0 Å². The number of methoxy groups -OCH3 is 1. The Balaban J connectivity index is 1.31. The van der Waals surface area contributed by atoms with E-state index in [4.69, 9.17) is 4.74 Å². The highest BCUT2D eigenvalue weighted by Gasteiger charge is 2.26. The Hall–Kier alpha value is -3.63. The van der Waals surface area contributed by atoms with Crippen LogP contribution in [-0.4, -0.2) is 61.4 Å². The van der Waals surface area contributed by atoms with E-state index in [0.717, 1.165) is 35.5 Å². The van der Waals surface area contributed by atoms with Gasteiger partial charge in [0.05, 0.1) is 13.2 Å². The highest BCUT2D eigenvalue weighted by molar-refractivity contribution is 5.95. The third-order valence-corrected chi connectivity index (χ3v) is 6.24. The standard InChI is InChI=1S/C26H28N4O3/c1-33-23-11-7-21(8-12-23)24(19-27)28-15-17-29(18-16-28)25(31)13-6-20-4-9-22(10-5-20)30-14-2-3-26(30)32/h4-13,24H,2-3,14-18H2,1H3/b13-6+. The van der Waals surface area contributed by atoms with Gasteiger partial charge in [-0.05, 0) is 47.9 Å². The number of hydrogen-bond donors (Lipinski definition) is 0. The molecule has 0 aromatic heterocycles. The van der Waals surface area contributed by atoms with Crippen molar-refractivity contribution in [3.8, 4) is 11.8 Å². The number of benzene rings is 2. The van der Waals surface area contributed by atoms with Gasteiger partial charge in [-0.15, -0.1) is 0 Å². The predicted octanol–water partition coefficient (Wildman–Crippen LogP) is 3.24. The molecule has 0 saturated carbocycles. The van der Waals surface area contributed by atoms with Gasteiger partial charge >= 0.3 is 0 Å². The number of nitriles is 1. The second kappa shape index (κ2) is 10.3. The Bertz CT molecular complexity index is 1050. The fourth-order valence-corrected chi connectivity index (χ4v) is 4.31. The quantitative estimate of drug-likeness (QED) is 0.640. The molecule has 2 fully saturated rings. The first kappa shape index (κ1) is 22.6. The molecule has 33 heavy (non-hydrogen) atoms. The number of anilines is 1. The maximum Gasteiger partial charge on any atom is 0.246 e. The zero-order valence-electron chi connectivity index (χ0n) is 18.8. The average molecular weight is 445 g/mol. The van der Waals surface area contributed by atoms with Gasteiger partial charge in [-0.3, -0.25) is 14.5 Å². The van der Waals surface area contributed by atoms with Crippen molar-refractivity contribution in [1.82, 2.24) is 9.80 Å². The summed E-state index contributed by atoms with van der Waals surface area (Å²) in [6.07, 6.45) is 4.91. The van der Waals surface area contributed by atoms with Crippen LogP contribution in [0.15, 0.2) is 54.6 Å². The minimum absolute atomic E-state index is 0.0357.